The zero-order chi connectivity index (χ0) is 23.3. The molecule has 0 saturated carbocycles. The maximum Gasteiger partial charge on any atom is 0.360 e. The van der Waals surface area contributed by atoms with Gasteiger partial charge in [0.1, 0.15) is 10.6 Å². The van der Waals surface area contributed by atoms with Crippen molar-refractivity contribution in [1.29, 1.82) is 0 Å². The lowest BCUT2D eigenvalue weighted by Crippen LogP contribution is -2.14. The predicted molar refractivity (Wildman–Crippen MR) is 115 cm³/mol. The smallest absolute Gasteiger partial charge is 0.360 e. The number of sulfonamides is 1. The van der Waals surface area contributed by atoms with Gasteiger partial charge in [0, 0.05) is 17.7 Å². The van der Waals surface area contributed by atoms with Crippen molar-refractivity contribution in [3.63, 3.8) is 0 Å². The highest BCUT2D eigenvalue weighted by molar-refractivity contribution is 7.92. The third-order valence-corrected chi connectivity index (χ3v) is 5.77. The molecule has 1 N–H and O–H groups in total. The Morgan fingerprint density at radius 2 is 1.66 bits per heavy atom. The van der Waals surface area contributed by atoms with E-state index in [2.05, 4.69) is 9.88 Å². The van der Waals surface area contributed by atoms with Crippen LogP contribution in [0.2, 0.25) is 0 Å². The van der Waals surface area contributed by atoms with E-state index in [4.69, 9.17) is 23.5 Å². The van der Waals surface area contributed by atoms with Crippen molar-refractivity contribution < 1.29 is 36.7 Å². The van der Waals surface area contributed by atoms with Crippen LogP contribution in [-0.2, 0) is 14.8 Å². The first-order valence-electron chi connectivity index (χ1n) is 9.40. The van der Waals surface area contributed by atoms with Crippen molar-refractivity contribution in [3.05, 3.63) is 48.2 Å². The second kappa shape index (κ2) is 9.60. The first-order valence-corrected chi connectivity index (χ1v) is 10.9. The number of benzene rings is 2. The van der Waals surface area contributed by atoms with Crippen LogP contribution in [0.15, 0.2) is 51.9 Å². The monoisotopic (exact) mass is 462 g/mol. The summed E-state index contributed by atoms with van der Waals surface area (Å²) in [6.45, 7) is 1.86. The van der Waals surface area contributed by atoms with Gasteiger partial charge < -0.3 is 23.5 Å². The Bertz CT molecular complexity index is 1220. The van der Waals surface area contributed by atoms with Crippen molar-refractivity contribution >= 4 is 21.7 Å². The highest BCUT2D eigenvalue weighted by Crippen LogP contribution is 2.34. The van der Waals surface area contributed by atoms with Gasteiger partial charge in [-0.2, -0.15) is 0 Å². The Labute approximate surface area is 185 Å². The molecule has 1 heterocycles. The predicted octanol–water partition coefficient (Wildman–Crippen LogP) is 3.34. The number of methoxy groups -OCH3 is 3. The van der Waals surface area contributed by atoms with Crippen LogP contribution in [0.5, 0.6) is 17.2 Å². The number of aromatic nitrogens is 1. The zero-order valence-corrected chi connectivity index (χ0v) is 18.7. The third kappa shape index (κ3) is 4.78. The molecule has 0 atom stereocenters. The summed E-state index contributed by atoms with van der Waals surface area (Å²) in [5, 5.41) is 3.68. The van der Waals surface area contributed by atoms with Crippen LogP contribution in [0.25, 0.3) is 11.3 Å². The van der Waals surface area contributed by atoms with E-state index in [-0.39, 0.29) is 34.4 Å². The van der Waals surface area contributed by atoms with Gasteiger partial charge in [0.05, 0.1) is 33.6 Å². The molecule has 170 valence electrons. The average Bonchev–Trinajstić information content (AvgIpc) is 3.29. The minimum atomic E-state index is -4.07. The summed E-state index contributed by atoms with van der Waals surface area (Å²) >= 11 is 0. The van der Waals surface area contributed by atoms with E-state index in [1.807, 2.05) is 0 Å². The van der Waals surface area contributed by atoms with Gasteiger partial charge in [0.2, 0.25) is 0 Å². The van der Waals surface area contributed by atoms with Crippen molar-refractivity contribution in [1.82, 2.24) is 5.16 Å². The topological polar surface area (TPSA) is 126 Å². The molecule has 0 aliphatic heterocycles. The fourth-order valence-electron chi connectivity index (χ4n) is 2.86. The van der Waals surface area contributed by atoms with Crippen LogP contribution in [0.4, 0.5) is 5.69 Å². The lowest BCUT2D eigenvalue weighted by Gasteiger charge is -2.14. The van der Waals surface area contributed by atoms with E-state index in [0.717, 1.165) is 0 Å². The minimum Gasteiger partial charge on any atom is -0.495 e. The Morgan fingerprint density at radius 3 is 2.31 bits per heavy atom. The Hall–Kier alpha value is -3.73. The number of hydrogen-bond donors (Lipinski definition) is 1. The van der Waals surface area contributed by atoms with Crippen LogP contribution in [0.3, 0.4) is 0 Å². The summed E-state index contributed by atoms with van der Waals surface area (Å²) in [5.41, 5.74) is 0.617. The van der Waals surface area contributed by atoms with Crippen molar-refractivity contribution in [2.45, 2.75) is 11.8 Å². The Kier molecular flexibility index (Phi) is 6.89. The molecule has 2 aromatic carbocycles. The number of ether oxygens (including phenoxy) is 4. The quantitative estimate of drug-likeness (QED) is 0.476. The van der Waals surface area contributed by atoms with E-state index in [0.29, 0.717) is 17.1 Å². The summed E-state index contributed by atoms with van der Waals surface area (Å²) in [4.78, 5) is 11.7. The van der Waals surface area contributed by atoms with Gasteiger partial charge in [-0.25, -0.2) is 13.2 Å². The van der Waals surface area contributed by atoms with Crippen molar-refractivity contribution in [2.75, 3.05) is 32.7 Å². The Morgan fingerprint density at radius 1 is 0.969 bits per heavy atom. The zero-order valence-electron chi connectivity index (χ0n) is 17.9. The van der Waals surface area contributed by atoms with Gasteiger partial charge in [-0.05, 0) is 37.3 Å². The van der Waals surface area contributed by atoms with E-state index >= 15 is 0 Å². The van der Waals surface area contributed by atoms with E-state index in [9.17, 15) is 13.2 Å². The normalized spacial score (nSPS) is 11.0. The molecule has 0 unspecified atom stereocenters. The number of nitrogens with zero attached hydrogens (tertiary/aromatic N) is 1. The lowest BCUT2D eigenvalue weighted by molar-refractivity contribution is 0.0514. The molecular formula is C21H22N2O8S. The SMILES string of the molecule is CCOC(=O)c1cc(-c2ccc(OC)c(S(=O)(=O)Nc3ccc(OC)c(OC)c3)c2)on1. The number of hydrogen-bond acceptors (Lipinski definition) is 9. The van der Waals surface area contributed by atoms with Gasteiger partial charge >= 0.3 is 5.97 Å². The maximum atomic E-state index is 13.1. The summed E-state index contributed by atoms with van der Waals surface area (Å²) in [7, 11) is 0.215. The lowest BCUT2D eigenvalue weighted by atomic mass is 10.1. The molecule has 1 aromatic heterocycles. The van der Waals surface area contributed by atoms with Crippen LogP contribution in [0.1, 0.15) is 17.4 Å². The summed E-state index contributed by atoms with van der Waals surface area (Å²) in [6.07, 6.45) is 0. The molecule has 0 aliphatic carbocycles. The number of esters is 1. The number of anilines is 1. The summed E-state index contributed by atoms with van der Waals surface area (Å²) in [5.74, 6) is 0.489. The highest BCUT2D eigenvalue weighted by atomic mass is 32.2. The number of nitrogens with one attached hydrogen (secondary N) is 1. The molecule has 0 fully saturated rings. The van der Waals surface area contributed by atoms with E-state index < -0.39 is 16.0 Å². The van der Waals surface area contributed by atoms with Gasteiger partial charge in [-0.3, -0.25) is 4.72 Å². The van der Waals surface area contributed by atoms with Crippen LogP contribution < -0.4 is 18.9 Å². The molecular weight excluding hydrogens is 440 g/mol. The van der Waals surface area contributed by atoms with Gasteiger partial charge in [-0.1, -0.05) is 5.16 Å². The van der Waals surface area contributed by atoms with Crippen molar-refractivity contribution in [2.24, 2.45) is 0 Å². The molecule has 11 heteroatoms. The molecule has 32 heavy (non-hydrogen) atoms. The first-order chi connectivity index (χ1) is 15.3. The van der Waals surface area contributed by atoms with Crippen molar-refractivity contribution in [3.8, 4) is 28.6 Å². The standard InChI is InChI=1S/C21H22N2O8S/c1-5-30-21(24)15-12-18(31-22-15)13-6-8-17(28-3)20(10-13)32(25,26)23-14-7-9-16(27-2)19(11-14)29-4/h6-12,23H,5H2,1-4H3. The van der Waals surface area contributed by atoms with E-state index in [1.165, 1.54) is 51.7 Å². The molecule has 0 saturated heterocycles. The largest absolute Gasteiger partial charge is 0.495 e. The molecule has 0 spiro atoms. The summed E-state index contributed by atoms with van der Waals surface area (Å²) < 4.78 is 54.5. The second-order valence-corrected chi connectivity index (χ2v) is 7.99. The minimum absolute atomic E-state index is 0.0227. The summed E-state index contributed by atoms with van der Waals surface area (Å²) in [6, 6.07) is 10.4. The molecule has 3 rings (SSSR count). The fourth-order valence-corrected chi connectivity index (χ4v) is 4.11. The van der Waals surface area contributed by atoms with Gasteiger partial charge in [0.25, 0.3) is 10.0 Å². The van der Waals surface area contributed by atoms with Crippen LogP contribution >= 0.6 is 0 Å². The number of rotatable bonds is 9. The molecule has 0 bridgehead atoms. The second-order valence-electron chi connectivity index (χ2n) is 6.34. The molecule has 3 aromatic rings. The van der Waals surface area contributed by atoms with Gasteiger partial charge in [0.15, 0.2) is 23.0 Å². The van der Waals surface area contributed by atoms with Gasteiger partial charge in [-0.15, -0.1) is 0 Å². The average molecular weight is 462 g/mol. The Balaban J connectivity index is 1.97. The van der Waals surface area contributed by atoms with E-state index in [1.54, 1.807) is 19.1 Å². The fraction of sp³-hybridized carbons (Fsp3) is 0.238. The molecule has 0 aliphatic rings. The highest BCUT2D eigenvalue weighted by Gasteiger charge is 2.23. The first kappa shape index (κ1) is 22.9. The van der Waals surface area contributed by atoms with Crippen LogP contribution in [-0.4, -0.2) is 47.5 Å². The third-order valence-electron chi connectivity index (χ3n) is 4.37. The molecule has 0 radical (unpaired) electrons. The number of carbonyl (C=O) groups is 1. The molecule has 10 nitrogen and oxygen atoms in total. The van der Waals surface area contributed by atoms with Crippen LogP contribution in [0, 0.1) is 0 Å². The number of carbonyl (C=O) groups excluding carboxylic acids is 1. The molecule has 0 amide bonds. The maximum absolute atomic E-state index is 13.1.